The lowest BCUT2D eigenvalue weighted by atomic mass is 9.95. The van der Waals surface area contributed by atoms with Crippen molar-refractivity contribution in [3.63, 3.8) is 0 Å². The van der Waals surface area contributed by atoms with Gasteiger partial charge in [-0.05, 0) is 57.4 Å². The Morgan fingerprint density at radius 1 is 1.13 bits per heavy atom. The number of ketones is 1. The normalized spacial score (nSPS) is 18.3. The molecule has 1 saturated heterocycles. The lowest BCUT2D eigenvalue weighted by Crippen LogP contribution is -2.32. The summed E-state index contributed by atoms with van der Waals surface area (Å²) in [5.41, 5.74) is 0.417. The van der Waals surface area contributed by atoms with Crippen LogP contribution in [0.15, 0.2) is 54.1 Å². The number of aliphatic hydroxyl groups is 1. The third-order valence-corrected chi connectivity index (χ3v) is 5.11. The minimum Gasteiger partial charge on any atom is -0.507 e. The molecule has 1 aliphatic rings. The van der Waals surface area contributed by atoms with Gasteiger partial charge in [0.05, 0.1) is 18.7 Å². The molecule has 1 fully saturated rings. The van der Waals surface area contributed by atoms with Gasteiger partial charge in [-0.1, -0.05) is 18.2 Å². The quantitative estimate of drug-likeness (QED) is 0.430. The van der Waals surface area contributed by atoms with Crippen molar-refractivity contribution >= 4 is 17.4 Å². The van der Waals surface area contributed by atoms with Crippen molar-refractivity contribution in [2.24, 2.45) is 0 Å². The van der Waals surface area contributed by atoms with E-state index in [1.54, 1.807) is 36.4 Å². The molecule has 1 N–H and O–H groups in total. The number of carbonyl (C=O) groups is 2. The SMILES string of the molecule is COc1ccc(/C(O)=C2\C(=O)C(=O)N(CCCN(C)C)[C@@H]2c2ccccc2F)cc1. The molecule has 6 nitrogen and oxygen atoms in total. The van der Waals surface area contributed by atoms with Crippen molar-refractivity contribution in [1.29, 1.82) is 0 Å². The van der Waals surface area contributed by atoms with Gasteiger partial charge in [0.15, 0.2) is 0 Å². The minimum absolute atomic E-state index is 0.111. The smallest absolute Gasteiger partial charge is 0.295 e. The Morgan fingerprint density at radius 2 is 1.80 bits per heavy atom. The van der Waals surface area contributed by atoms with Crippen LogP contribution >= 0.6 is 0 Å². The highest BCUT2D eigenvalue weighted by Crippen LogP contribution is 2.40. The van der Waals surface area contributed by atoms with E-state index in [2.05, 4.69) is 0 Å². The standard InChI is InChI=1S/C23H25FN2O4/c1-25(2)13-6-14-26-20(17-7-4-5-8-18(17)24)19(22(28)23(26)29)21(27)15-9-11-16(30-3)12-10-15/h4-5,7-12,20,27H,6,13-14H2,1-3H3/b21-19+/t20-/m1/s1. The largest absolute Gasteiger partial charge is 0.507 e. The number of amides is 1. The Labute approximate surface area is 175 Å². The molecular weight excluding hydrogens is 387 g/mol. The van der Waals surface area contributed by atoms with Gasteiger partial charge in [0.1, 0.15) is 17.3 Å². The molecule has 2 aromatic carbocycles. The zero-order chi connectivity index (χ0) is 21.8. The maximum absolute atomic E-state index is 14.7. The molecule has 0 radical (unpaired) electrons. The molecule has 0 unspecified atom stereocenters. The van der Waals surface area contributed by atoms with Crippen molar-refractivity contribution in [3.8, 4) is 5.75 Å². The van der Waals surface area contributed by atoms with E-state index in [9.17, 15) is 19.1 Å². The number of benzene rings is 2. The van der Waals surface area contributed by atoms with Gasteiger partial charge >= 0.3 is 0 Å². The molecular formula is C23H25FN2O4. The topological polar surface area (TPSA) is 70.1 Å². The van der Waals surface area contributed by atoms with Crippen LogP contribution < -0.4 is 4.74 Å². The van der Waals surface area contributed by atoms with E-state index in [4.69, 9.17) is 4.74 Å². The molecule has 2 aromatic rings. The number of methoxy groups -OCH3 is 1. The summed E-state index contributed by atoms with van der Waals surface area (Å²) in [6, 6.07) is 11.5. The van der Waals surface area contributed by atoms with Gasteiger partial charge in [-0.25, -0.2) is 4.39 Å². The summed E-state index contributed by atoms with van der Waals surface area (Å²) < 4.78 is 19.8. The highest BCUT2D eigenvalue weighted by Gasteiger charge is 2.46. The summed E-state index contributed by atoms with van der Waals surface area (Å²) in [6.07, 6.45) is 0.605. The number of carbonyl (C=O) groups excluding carboxylic acids is 2. The number of Topliss-reactive ketones (excluding diaryl/α,β-unsaturated/α-hetero) is 1. The van der Waals surface area contributed by atoms with E-state index in [1.165, 1.54) is 24.1 Å². The van der Waals surface area contributed by atoms with E-state index in [-0.39, 0.29) is 23.4 Å². The summed E-state index contributed by atoms with van der Waals surface area (Å²) in [5.74, 6) is -1.85. The van der Waals surface area contributed by atoms with Crippen molar-refractivity contribution in [2.75, 3.05) is 34.3 Å². The number of nitrogens with zero attached hydrogens (tertiary/aromatic N) is 2. The van der Waals surface area contributed by atoms with Crippen LogP contribution in [0, 0.1) is 5.82 Å². The summed E-state index contributed by atoms with van der Waals surface area (Å²) in [6.45, 7) is 0.965. The molecule has 0 spiro atoms. The van der Waals surface area contributed by atoms with Gasteiger partial charge in [-0.15, -0.1) is 0 Å². The summed E-state index contributed by atoms with van der Waals surface area (Å²) in [4.78, 5) is 29.0. The monoisotopic (exact) mass is 412 g/mol. The first-order valence-electron chi connectivity index (χ1n) is 9.67. The Balaban J connectivity index is 2.09. The fraction of sp³-hybridized carbons (Fsp3) is 0.304. The van der Waals surface area contributed by atoms with Crippen LogP contribution in [0.25, 0.3) is 5.76 Å². The van der Waals surface area contributed by atoms with E-state index < -0.39 is 23.5 Å². The molecule has 7 heteroatoms. The lowest BCUT2D eigenvalue weighted by molar-refractivity contribution is -0.140. The number of ether oxygens (including phenoxy) is 1. The molecule has 0 bridgehead atoms. The Hall–Kier alpha value is -3.19. The van der Waals surface area contributed by atoms with E-state index in [1.807, 2.05) is 19.0 Å². The third-order valence-electron chi connectivity index (χ3n) is 5.11. The molecule has 0 saturated carbocycles. The molecule has 1 heterocycles. The number of hydrogen-bond acceptors (Lipinski definition) is 5. The zero-order valence-electron chi connectivity index (χ0n) is 17.3. The van der Waals surface area contributed by atoms with Crippen molar-refractivity contribution in [3.05, 3.63) is 71.0 Å². The first-order valence-corrected chi connectivity index (χ1v) is 9.67. The average molecular weight is 412 g/mol. The molecule has 30 heavy (non-hydrogen) atoms. The average Bonchev–Trinajstić information content (AvgIpc) is 2.98. The summed E-state index contributed by atoms with van der Waals surface area (Å²) in [7, 11) is 5.34. The van der Waals surface area contributed by atoms with Crippen LogP contribution in [-0.2, 0) is 9.59 Å². The molecule has 158 valence electrons. The van der Waals surface area contributed by atoms with Crippen molar-refractivity contribution in [1.82, 2.24) is 9.80 Å². The van der Waals surface area contributed by atoms with Gasteiger partial charge in [-0.2, -0.15) is 0 Å². The third kappa shape index (κ3) is 4.21. The number of aliphatic hydroxyl groups excluding tert-OH is 1. The Morgan fingerprint density at radius 3 is 2.40 bits per heavy atom. The maximum atomic E-state index is 14.7. The molecule has 1 aliphatic heterocycles. The van der Waals surface area contributed by atoms with Gasteiger partial charge in [0.2, 0.25) is 0 Å². The van der Waals surface area contributed by atoms with Gasteiger partial charge in [0.25, 0.3) is 11.7 Å². The zero-order valence-corrected chi connectivity index (χ0v) is 17.3. The van der Waals surface area contributed by atoms with Crippen molar-refractivity contribution < 1.29 is 23.8 Å². The molecule has 3 rings (SSSR count). The second kappa shape index (κ2) is 9.09. The fourth-order valence-electron chi connectivity index (χ4n) is 3.59. The van der Waals surface area contributed by atoms with Gasteiger partial charge in [0, 0.05) is 17.7 Å². The first kappa shape index (κ1) is 21.5. The van der Waals surface area contributed by atoms with E-state index in [0.29, 0.717) is 24.3 Å². The Bertz CT molecular complexity index is 969. The highest BCUT2D eigenvalue weighted by molar-refractivity contribution is 6.46. The highest BCUT2D eigenvalue weighted by atomic mass is 19.1. The predicted molar refractivity (Wildman–Crippen MR) is 112 cm³/mol. The fourth-order valence-corrected chi connectivity index (χ4v) is 3.59. The van der Waals surface area contributed by atoms with E-state index >= 15 is 0 Å². The van der Waals surface area contributed by atoms with Crippen LogP contribution in [0.2, 0.25) is 0 Å². The second-order valence-electron chi connectivity index (χ2n) is 7.40. The molecule has 0 aliphatic carbocycles. The molecule has 1 atom stereocenters. The number of hydrogen-bond donors (Lipinski definition) is 1. The summed E-state index contributed by atoms with van der Waals surface area (Å²) >= 11 is 0. The van der Waals surface area contributed by atoms with Crippen LogP contribution in [0.3, 0.4) is 0 Å². The van der Waals surface area contributed by atoms with Crippen LogP contribution in [0.5, 0.6) is 5.75 Å². The van der Waals surface area contributed by atoms with Crippen LogP contribution in [0.1, 0.15) is 23.6 Å². The molecule has 0 aromatic heterocycles. The van der Waals surface area contributed by atoms with Gasteiger partial charge < -0.3 is 19.6 Å². The van der Waals surface area contributed by atoms with Crippen LogP contribution in [0.4, 0.5) is 4.39 Å². The minimum atomic E-state index is -0.990. The molecule has 1 amide bonds. The van der Waals surface area contributed by atoms with Gasteiger partial charge in [-0.3, -0.25) is 9.59 Å². The summed E-state index contributed by atoms with van der Waals surface area (Å²) in [5, 5.41) is 10.9. The maximum Gasteiger partial charge on any atom is 0.295 e. The lowest BCUT2D eigenvalue weighted by Gasteiger charge is -2.26. The first-order chi connectivity index (χ1) is 14.3. The van der Waals surface area contributed by atoms with E-state index in [0.717, 1.165) is 0 Å². The van der Waals surface area contributed by atoms with Crippen LogP contribution in [-0.4, -0.2) is 60.9 Å². The second-order valence-corrected chi connectivity index (χ2v) is 7.40. The Kier molecular flexibility index (Phi) is 6.52. The number of halogens is 1. The number of likely N-dealkylation sites (tertiary alicyclic amines) is 1. The van der Waals surface area contributed by atoms with Crippen molar-refractivity contribution in [2.45, 2.75) is 12.5 Å². The number of rotatable bonds is 7. The predicted octanol–water partition coefficient (Wildman–Crippen LogP) is 3.21.